The molecule has 0 fully saturated rings. The van der Waals surface area contributed by atoms with Crippen molar-refractivity contribution in [3.63, 3.8) is 0 Å². The van der Waals surface area contributed by atoms with Crippen LogP contribution in [0, 0.1) is 6.92 Å². The van der Waals surface area contributed by atoms with Gasteiger partial charge in [-0.3, -0.25) is 19.6 Å². The first-order valence-electron chi connectivity index (χ1n) is 23.8. The van der Waals surface area contributed by atoms with Crippen LogP contribution in [0.2, 0.25) is 0 Å². The Hall–Kier alpha value is -8.55. The van der Waals surface area contributed by atoms with Gasteiger partial charge < -0.3 is 20.5 Å². The van der Waals surface area contributed by atoms with E-state index < -0.39 is 22.1 Å². The molecular weight excluding hydrogens is 931 g/mol. The monoisotopic (exact) mass is 985 g/mol. The molecule has 2 amide bonds. The normalized spacial score (nSPS) is 12.2. The third-order valence-electron chi connectivity index (χ3n) is 12.1. The number of aliphatic hydroxyl groups is 1. The molecule has 9 aromatic rings. The molecule has 0 unspecified atom stereocenters. The average molecular weight is 986 g/mol. The lowest BCUT2D eigenvalue weighted by Crippen LogP contribution is -2.40. The van der Waals surface area contributed by atoms with Crippen LogP contribution >= 0.6 is 0 Å². The quantitative estimate of drug-likeness (QED) is 0.0661. The molecule has 11 nitrogen and oxygen atoms in total. The third kappa shape index (κ3) is 14.3. The summed E-state index contributed by atoms with van der Waals surface area (Å²) in [5, 5.41) is 15.8. The lowest BCUT2D eigenvalue weighted by Gasteiger charge is -2.30. The number of rotatable bonds is 18. The van der Waals surface area contributed by atoms with Crippen molar-refractivity contribution in [2.45, 2.75) is 43.0 Å². The second-order valence-corrected chi connectivity index (χ2v) is 19.0. The molecule has 9 rings (SSSR count). The first-order valence-corrected chi connectivity index (χ1v) is 25.3. The molecule has 0 saturated heterocycles. The van der Waals surface area contributed by atoms with E-state index in [2.05, 4.69) is 25.3 Å². The maximum Gasteiger partial charge on any atom is 0.251 e. The van der Waals surface area contributed by atoms with E-state index in [1.54, 1.807) is 73.3 Å². The summed E-state index contributed by atoms with van der Waals surface area (Å²) in [5.41, 5.74) is 9.61. The number of aromatic nitrogens is 2. The van der Waals surface area contributed by atoms with Crippen molar-refractivity contribution in [3.8, 4) is 28.0 Å². The predicted molar refractivity (Wildman–Crippen MR) is 286 cm³/mol. The van der Waals surface area contributed by atoms with E-state index in [0.717, 1.165) is 55.8 Å². The van der Waals surface area contributed by atoms with E-state index in [1.165, 1.54) is 0 Å². The standard InChI is InChI=1S/C33H29N3O3S.C28H26N2O3/c1-24-12-18-30(19-13-24)40(38,39)36-32(28-10-6-3-7-11-28)31(27-8-4-2-5-9-27)35-33(37)29-16-14-25(15-17-29)26-20-22-34-23-21-26;31-19-26(18-21-6-12-27(13-7-21)33-20-22-4-2-1-3-5-22)30-28(32)25-10-8-23(9-11-25)24-14-16-29-17-15-24/h2-23,31-32,36H,1H3,(H,35,37);1-17,26,31H,18-20H2,(H,30,32)/t31-,32-;26-/m10/s1. The lowest BCUT2D eigenvalue weighted by molar-refractivity contribution is 0.0913. The summed E-state index contributed by atoms with van der Waals surface area (Å²) in [4.78, 5) is 34.5. The molecular formula is C61H55N5O6S. The Kier molecular flexibility index (Phi) is 17.4. The zero-order valence-electron chi connectivity index (χ0n) is 40.2. The first kappa shape index (κ1) is 50.8. The molecule has 0 aliphatic carbocycles. The molecule has 0 radical (unpaired) electrons. The smallest absolute Gasteiger partial charge is 0.251 e. The van der Waals surface area contributed by atoms with Gasteiger partial charge in [0.05, 0.1) is 29.6 Å². The number of aryl methyl sites for hydroxylation is 1. The van der Waals surface area contributed by atoms with Gasteiger partial charge in [-0.1, -0.05) is 145 Å². The minimum Gasteiger partial charge on any atom is -0.489 e. The number of hydrogen-bond donors (Lipinski definition) is 4. The van der Waals surface area contributed by atoms with E-state index >= 15 is 0 Å². The molecule has 3 atom stereocenters. The van der Waals surface area contributed by atoms with Crippen LogP contribution in [-0.4, -0.2) is 48.0 Å². The highest BCUT2D eigenvalue weighted by atomic mass is 32.2. The predicted octanol–water partition coefficient (Wildman–Crippen LogP) is 10.9. The molecule has 0 spiro atoms. The molecule has 73 heavy (non-hydrogen) atoms. The minimum absolute atomic E-state index is 0.146. The van der Waals surface area contributed by atoms with Gasteiger partial charge in [0.2, 0.25) is 10.0 Å². The van der Waals surface area contributed by atoms with Crippen molar-refractivity contribution in [1.29, 1.82) is 0 Å². The highest BCUT2D eigenvalue weighted by Gasteiger charge is 2.31. The Labute approximate surface area is 426 Å². The van der Waals surface area contributed by atoms with E-state index in [-0.39, 0.29) is 29.4 Å². The minimum atomic E-state index is -3.92. The van der Waals surface area contributed by atoms with E-state index in [1.807, 2.05) is 171 Å². The number of hydrogen-bond acceptors (Lipinski definition) is 8. The summed E-state index contributed by atoms with van der Waals surface area (Å²) in [6.07, 6.45) is 7.45. The highest BCUT2D eigenvalue weighted by molar-refractivity contribution is 7.89. The van der Waals surface area contributed by atoms with E-state index in [4.69, 9.17) is 4.74 Å². The number of carbonyl (C=O) groups excluding carboxylic acids is 2. The molecule has 2 heterocycles. The van der Waals surface area contributed by atoms with Crippen LogP contribution in [-0.2, 0) is 23.1 Å². The number of amides is 2. The number of carbonyl (C=O) groups is 2. The fraction of sp³-hybridized carbons (Fsp3) is 0.115. The number of benzene rings is 7. The van der Waals surface area contributed by atoms with Crippen LogP contribution in [0.5, 0.6) is 5.75 Å². The molecule has 2 aromatic heterocycles. The van der Waals surface area contributed by atoms with Gasteiger partial charge in [0, 0.05) is 35.9 Å². The van der Waals surface area contributed by atoms with Crippen LogP contribution in [0.4, 0.5) is 0 Å². The van der Waals surface area contributed by atoms with Crippen LogP contribution in [0.3, 0.4) is 0 Å². The van der Waals surface area contributed by atoms with E-state index in [0.29, 0.717) is 24.2 Å². The zero-order valence-corrected chi connectivity index (χ0v) is 41.0. The number of aliphatic hydroxyl groups excluding tert-OH is 1. The van der Waals surface area contributed by atoms with Gasteiger partial charge in [-0.2, -0.15) is 0 Å². The molecule has 12 heteroatoms. The molecule has 0 saturated carbocycles. The second kappa shape index (κ2) is 25.0. The van der Waals surface area contributed by atoms with Gasteiger partial charge in [0.1, 0.15) is 12.4 Å². The van der Waals surface area contributed by atoms with Crippen molar-refractivity contribution >= 4 is 21.8 Å². The second-order valence-electron chi connectivity index (χ2n) is 17.3. The average Bonchev–Trinajstić information content (AvgIpc) is 3.45. The Bertz CT molecular complexity index is 3250. The Morgan fingerprint density at radius 2 is 0.959 bits per heavy atom. The van der Waals surface area contributed by atoms with Crippen molar-refractivity contribution in [1.82, 2.24) is 25.3 Å². The van der Waals surface area contributed by atoms with Crippen LogP contribution < -0.4 is 20.1 Å². The van der Waals surface area contributed by atoms with Crippen molar-refractivity contribution in [2.75, 3.05) is 6.61 Å². The van der Waals surface area contributed by atoms with E-state index in [9.17, 15) is 23.1 Å². The Balaban J connectivity index is 0.000000199. The summed E-state index contributed by atoms with van der Waals surface area (Å²) >= 11 is 0. The molecule has 0 aliphatic heterocycles. The fourth-order valence-corrected chi connectivity index (χ4v) is 9.32. The Morgan fingerprint density at radius 1 is 0.507 bits per heavy atom. The highest BCUT2D eigenvalue weighted by Crippen LogP contribution is 2.32. The van der Waals surface area contributed by atoms with Crippen LogP contribution in [0.25, 0.3) is 22.3 Å². The maximum atomic E-state index is 13.6. The largest absolute Gasteiger partial charge is 0.489 e. The number of ether oxygens (including phenoxy) is 1. The van der Waals surface area contributed by atoms with Gasteiger partial charge in [-0.15, -0.1) is 0 Å². The first-order chi connectivity index (χ1) is 35.6. The molecule has 0 bridgehead atoms. The lowest BCUT2D eigenvalue weighted by atomic mass is 9.93. The fourth-order valence-electron chi connectivity index (χ4n) is 8.08. The number of sulfonamides is 1. The molecule has 0 aliphatic rings. The molecule has 7 aromatic carbocycles. The summed E-state index contributed by atoms with van der Waals surface area (Å²) in [6, 6.07) is 63.6. The zero-order chi connectivity index (χ0) is 50.8. The van der Waals surface area contributed by atoms with Gasteiger partial charge in [-0.05, 0) is 131 Å². The molecule has 366 valence electrons. The number of nitrogens with zero attached hydrogens (tertiary/aromatic N) is 2. The Morgan fingerprint density at radius 3 is 1.45 bits per heavy atom. The summed E-state index contributed by atoms with van der Waals surface area (Å²) in [6.45, 7) is 2.27. The SMILES string of the molecule is Cc1ccc(S(=O)(=O)N[C@H](c2ccccc2)[C@H](NC(=O)c2ccc(-c3ccncc3)cc2)c2ccccc2)cc1.O=C(N[C@H](CO)Cc1ccc(OCc2ccccc2)cc1)c1ccc(-c2ccncc2)cc1. The topological polar surface area (TPSA) is 160 Å². The maximum absolute atomic E-state index is 13.6. The van der Waals surface area contributed by atoms with Gasteiger partial charge in [-0.25, -0.2) is 13.1 Å². The van der Waals surface area contributed by atoms with Gasteiger partial charge in [0.15, 0.2) is 0 Å². The summed E-state index contributed by atoms with van der Waals surface area (Å²) in [5.74, 6) is 0.255. The van der Waals surface area contributed by atoms with Crippen LogP contribution in [0.1, 0.15) is 60.6 Å². The van der Waals surface area contributed by atoms with Gasteiger partial charge >= 0.3 is 0 Å². The number of nitrogens with one attached hydrogen (secondary N) is 3. The summed E-state index contributed by atoms with van der Waals surface area (Å²) < 4.78 is 35.8. The van der Waals surface area contributed by atoms with Crippen molar-refractivity contribution in [2.24, 2.45) is 0 Å². The summed E-state index contributed by atoms with van der Waals surface area (Å²) in [7, 11) is -3.92. The van der Waals surface area contributed by atoms with Crippen molar-refractivity contribution < 1.29 is 27.9 Å². The van der Waals surface area contributed by atoms with Crippen LogP contribution in [0.15, 0.2) is 242 Å². The van der Waals surface area contributed by atoms with Crippen molar-refractivity contribution in [3.05, 3.63) is 276 Å². The number of pyridine rings is 2. The third-order valence-corrected chi connectivity index (χ3v) is 13.5. The van der Waals surface area contributed by atoms with Gasteiger partial charge in [0.25, 0.3) is 11.8 Å². The molecule has 4 N–H and O–H groups in total.